The first-order valence-corrected chi connectivity index (χ1v) is 6.24. The Morgan fingerprint density at radius 1 is 1.52 bits per heavy atom. The van der Waals surface area contributed by atoms with Crippen LogP contribution in [0.1, 0.15) is 23.0 Å². The van der Waals surface area contributed by atoms with Gasteiger partial charge in [0.15, 0.2) is 0 Å². The zero-order chi connectivity index (χ0) is 15.6. The highest BCUT2D eigenvalue weighted by Crippen LogP contribution is 2.32. The Morgan fingerprint density at radius 3 is 2.81 bits per heavy atom. The van der Waals surface area contributed by atoms with Crippen molar-refractivity contribution in [1.29, 1.82) is 0 Å². The van der Waals surface area contributed by atoms with E-state index in [9.17, 15) is 20.0 Å². The quantitative estimate of drug-likeness (QED) is 0.646. The van der Waals surface area contributed by atoms with Crippen molar-refractivity contribution < 1.29 is 14.8 Å². The van der Waals surface area contributed by atoms with E-state index in [2.05, 4.69) is 10.4 Å². The second-order valence-corrected chi connectivity index (χ2v) is 4.40. The summed E-state index contributed by atoms with van der Waals surface area (Å²) < 4.78 is 1.57. The molecular formula is C13H14N4O4. The Bertz CT molecular complexity index is 676. The topological polar surface area (TPSA) is 110 Å². The van der Waals surface area contributed by atoms with Gasteiger partial charge in [-0.15, -0.1) is 0 Å². The maximum atomic E-state index is 11.3. The number of para-hydroxylation sites is 1. The Kier molecular flexibility index (Phi) is 3.88. The Balaban J connectivity index is 2.56. The summed E-state index contributed by atoms with van der Waals surface area (Å²) >= 11 is 0. The molecule has 0 fully saturated rings. The van der Waals surface area contributed by atoms with Crippen molar-refractivity contribution in [2.24, 2.45) is 7.05 Å². The maximum Gasteiger partial charge on any atom is 0.338 e. The molecule has 0 saturated heterocycles. The number of carbonyl (C=O) groups is 1. The second kappa shape index (κ2) is 5.61. The van der Waals surface area contributed by atoms with E-state index in [1.165, 1.54) is 18.2 Å². The lowest BCUT2D eigenvalue weighted by Gasteiger charge is -2.09. The summed E-state index contributed by atoms with van der Waals surface area (Å²) in [6.07, 6.45) is 2.27. The third-order valence-corrected chi connectivity index (χ3v) is 2.97. The number of carboxylic acid groups (broad SMARTS) is 1. The molecule has 1 heterocycles. The van der Waals surface area contributed by atoms with Gasteiger partial charge in [-0.05, 0) is 12.5 Å². The Hall–Kier alpha value is -2.90. The molecule has 2 aromatic rings. The minimum Gasteiger partial charge on any atom is -0.478 e. The number of benzene rings is 1. The zero-order valence-electron chi connectivity index (χ0n) is 11.5. The summed E-state index contributed by atoms with van der Waals surface area (Å²) in [4.78, 5) is 21.7. The van der Waals surface area contributed by atoms with Crippen molar-refractivity contribution >= 4 is 23.0 Å². The van der Waals surface area contributed by atoms with Gasteiger partial charge in [0.25, 0.3) is 5.69 Å². The van der Waals surface area contributed by atoms with Gasteiger partial charge in [-0.1, -0.05) is 13.0 Å². The number of aryl methyl sites for hydroxylation is 2. The molecular weight excluding hydrogens is 276 g/mol. The highest BCUT2D eigenvalue weighted by Gasteiger charge is 2.22. The van der Waals surface area contributed by atoms with Crippen LogP contribution in [0.2, 0.25) is 0 Å². The second-order valence-electron chi connectivity index (χ2n) is 4.40. The van der Waals surface area contributed by atoms with Crippen molar-refractivity contribution in [2.75, 3.05) is 5.32 Å². The molecule has 110 valence electrons. The van der Waals surface area contributed by atoms with Gasteiger partial charge in [0.2, 0.25) is 0 Å². The fourth-order valence-corrected chi connectivity index (χ4v) is 2.04. The van der Waals surface area contributed by atoms with Crippen LogP contribution in [0.4, 0.5) is 17.1 Å². The minimum absolute atomic E-state index is 0.0438. The molecule has 0 aliphatic carbocycles. The standard InChI is InChI=1S/C13H14N4O4/c1-3-9-10(7-16(2)15-9)14-12-8(13(18)19)5-4-6-11(12)17(20)21/h4-7,14H,3H2,1-2H3,(H,18,19). The molecule has 8 nitrogen and oxygen atoms in total. The molecule has 0 aliphatic rings. The van der Waals surface area contributed by atoms with Gasteiger partial charge in [-0.2, -0.15) is 5.10 Å². The number of nitrogens with one attached hydrogen (secondary N) is 1. The van der Waals surface area contributed by atoms with Crippen LogP contribution in [-0.2, 0) is 13.5 Å². The van der Waals surface area contributed by atoms with Gasteiger partial charge in [-0.3, -0.25) is 14.8 Å². The summed E-state index contributed by atoms with van der Waals surface area (Å²) in [6.45, 7) is 1.89. The maximum absolute atomic E-state index is 11.3. The molecule has 8 heteroatoms. The van der Waals surface area contributed by atoms with E-state index in [1.54, 1.807) is 17.9 Å². The van der Waals surface area contributed by atoms with E-state index in [0.717, 1.165) is 0 Å². The number of aromatic nitrogens is 2. The van der Waals surface area contributed by atoms with Gasteiger partial charge in [0, 0.05) is 19.3 Å². The first-order chi connectivity index (χ1) is 9.93. The molecule has 0 radical (unpaired) electrons. The number of anilines is 2. The monoisotopic (exact) mass is 290 g/mol. The van der Waals surface area contributed by atoms with E-state index in [4.69, 9.17) is 0 Å². The summed E-state index contributed by atoms with van der Waals surface area (Å²) in [7, 11) is 1.72. The molecule has 2 N–H and O–H groups in total. The van der Waals surface area contributed by atoms with E-state index in [1.807, 2.05) is 6.92 Å². The van der Waals surface area contributed by atoms with Crippen LogP contribution in [0.5, 0.6) is 0 Å². The third kappa shape index (κ3) is 2.83. The van der Waals surface area contributed by atoms with Crippen LogP contribution in [0.3, 0.4) is 0 Å². The first-order valence-electron chi connectivity index (χ1n) is 6.24. The number of nitro benzene ring substituents is 1. The van der Waals surface area contributed by atoms with Crippen molar-refractivity contribution in [3.8, 4) is 0 Å². The third-order valence-electron chi connectivity index (χ3n) is 2.97. The van der Waals surface area contributed by atoms with Gasteiger partial charge in [-0.25, -0.2) is 4.79 Å². The number of hydrogen-bond acceptors (Lipinski definition) is 5. The molecule has 21 heavy (non-hydrogen) atoms. The zero-order valence-corrected chi connectivity index (χ0v) is 11.5. The average molecular weight is 290 g/mol. The van der Waals surface area contributed by atoms with E-state index in [0.29, 0.717) is 17.8 Å². The fraction of sp³-hybridized carbons (Fsp3) is 0.231. The molecule has 0 saturated carbocycles. The molecule has 0 bridgehead atoms. The average Bonchev–Trinajstić information content (AvgIpc) is 2.78. The number of carboxylic acids is 1. The molecule has 1 aromatic heterocycles. The lowest BCUT2D eigenvalue weighted by Crippen LogP contribution is -2.06. The summed E-state index contributed by atoms with van der Waals surface area (Å²) in [6, 6.07) is 3.92. The van der Waals surface area contributed by atoms with E-state index in [-0.39, 0.29) is 16.9 Å². The van der Waals surface area contributed by atoms with Crippen LogP contribution in [-0.4, -0.2) is 25.8 Å². The Labute approximate surface area is 120 Å². The lowest BCUT2D eigenvalue weighted by atomic mass is 10.1. The normalized spacial score (nSPS) is 10.4. The predicted molar refractivity (Wildman–Crippen MR) is 75.9 cm³/mol. The predicted octanol–water partition coefficient (Wildman–Crippen LogP) is 2.33. The van der Waals surface area contributed by atoms with Crippen molar-refractivity contribution in [1.82, 2.24) is 9.78 Å². The number of hydrogen-bond donors (Lipinski definition) is 2. The highest BCUT2D eigenvalue weighted by molar-refractivity contribution is 5.98. The smallest absolute Gasteiger partial charge is 0.338 e. The fourth-order valence-electron chi connectivity index (χ4n) is 2.04. The highest BCUT2D eigenvalue weighted by atomic mass is 16.6. The van der Waals surface area contributed by atoms with Crippen LogP contribution >= 0.6 is 0 Å². The molecule has 0 atom stereocenters. The Morgan fingerprint density at radius 2 is 2.24 bits per heavy atom. The number of nitrogens with zero attached hydrogens (tertiary/aromatic N) is 3. The summed E-state index contributed by atoms with van der Waals surface area (Å²) in [5.74, 6) is -1.23. The number of aromatic carboxylic acids is 1. The number of rotatable bonds is 5. The van der Waals surface area contributed by atoms with Crippen molar-refractivity contribution in [2.45, 2.75) is 13.3 Å². The van der Waals surface area contributed by atoms with Crippen molar-refractivity contribution in [3.05, 3.63) is 45.8 Å². The minimum atomic E-state index is -1.23. The molecule has 1 aromatic carbocycles. The first kappa shape index (κ1) is 14.5. The van der Waals surface area contributed by atoms with Gasteiger partial charge in [0.1, 0.15) is 5.69 Å². The molecule has 0 unspecified atom stereocenters. The van der Waals surface area contributed by atoms with E-state index < -0.39 is 10.9 Å². The lowest BCUT2D eigenvalue weighted by molar-refractivity contribution is -0.383. The van der Waals surface area contributed by atoms with Gasteiger partial charge in [0.05, 0.1) is 21.9 Å². The molecule has 2 rings (SSSR count). The van der Waals surface area contributed by atoms with Crippen LogP contribution < -0.4 is 5.32 Å². The summed E-state index contributed by atoms with van der Waals surface area (Å²) in [5.41, 5.74) is 0.761. The van der Waals surface area contributed by atoms with Crippen LogP contribution in [0.25, 0.3) is 0 Å². The van der Waals surface area contributed by atoms with Crippen LogP contribution in [0.15, 0.2) is 24.4 Å². The number of nitro groups is 1. The van der Waals surface area contributed by atoms with Crippen molar-refractivity contribution in [3.63, 3.8) is 0 Å². The van der Waals surface area contributed by atoms with E-state index >= 15 is 0 Å². The molecule has 0 amide bonds. The molecule has 0 spiro atoms. The SMILES string of the molecule is CCc1nn(C)cc1Nc1c(C(=O)O)cccc1[N+](=O)[O-]. The van der Waals surface area contributed by atoms with Crippen LogP contribution in [0, 0.1) is 10.1 Å². The largest absolute Gasteiger partial charge is 0.478 e. The molecule has 0 aliphatic heterocycles. The summed E-state index contributed by atoms with van der Waals surface area (Å²) in [5, 5.41) is 27.3. The van der Waals surface area contributed by atoms with Gasteiger partial charge < -0.3 is 10.4 Å². The van der Waals surface area contributed by atoms with Gasteiger partial charge >= 0.3 is 5.97 Å².